The second-order valence-corrected chi connectivity index (χ2v) is 10.7. The smallest absolute Gasteiger partial charge is 0.192 e. The molecule has 5 heteroatoms. The number of ether oxygens (including phenoxy) is 1. The van der Waals surface area contributed by atoms with Gasteiger partial charge in [0.1, 0.15) is 0 Å². The Kier molecular flexibility index (Phi) is 4.17. The number of aliphatic hydroxyl groups is 1. The molecule has 0 spiro atoms. The number of carbonyl (C=O) groups excluding carboxylic acids is 1. The number of aliphatic hydroxyl groups excluding tert-OH is 1. The van der Waals surface area contributed by atoms with Gasteiger partial charge in [0.15, 0.2) is 26.3 Å². The second-order valence-electron chi connectivity index (χ2n) is 5.90. The molecule has 0 bridgehead atoms. The molecule has 1 heterocycles. The van der Waals surface area contributed by atoms with E-state index in [1.807, 2.05) is 0 Å². The average Bonchev–Trinajstić information content (AvgIpc) is 2.18. The first-order valence-electron chi connectivity index (χ1n) is 5.83. The molecule has 0 amide bonds. The summed E-state index contributed by atoms with van der Waals surface area (Å²) in [6.07, 6.45) is 0.883. The van der Waals surface area contributed by atoms with E-state index in [1.54, 1.807) is 0 Å². The predicted molar refractivity (Wildman–Crippen MR) is 68.2 cm³/mol. The summed E-state index contributed by atoms with van der Waals surface area (Å²) in [5.41, 5.74) is 0. The summed E-state index contributed by atoms with van der Waals surface area (Å²) in [6, 6.07) is 0. The number of carbonyl (C=O) groups is 1. The summed E-state index contributed by atoms with van der Waals surface area (Å²) in [7, 11) is -1.87. The fourth-order valence-electron chi connectivity index (χ4n) is 1.20. The van der Waals surface area contributed by atoms with Gasteiger partial charge in [-0.3, -0.25) is 4.79 Å². The van der Waals surface area contributed by atoms with Crippen LogP contribution in [0.1, 0.15) is 20.8 Å². The zero-order chi connectivity index (χ0) is 13.3. The highest BCUT2D eigenvalue weighted by Gasteiger charge is 2.39. The average molecular weight is 258 g/mol. The van der Waals surface area contributed by atoms with Gasteiger partial charge in [-0.2, -0.15) is 0 Å². The quantitative estimate of drug-likeness (QED) is 0.785. The first-order chi connectivity index (χ1) is 7.65. The van der Waals surface area contributed by atoms with Gasteiger partial charge >= 0.3 is 0 Å². The van der Waals surface area contributed by atoms with E-state index in [9.17, 15) is 9.90 Å². The van der Waals surface area contributed by atoms with E-state index in [1.165, 1.54) is 12.3 Å². The maximum atomic E-state index is 11.3. The van der Waals surface area contributed by atoms with E-state index >= 15 is 0 Å². The van der Waals surface area contributed by atoms with Crippen LogP contribution in [0.4, 0.5) is 0 Å². The summed E-state index contributed by atoms with van der Waals surface area (Å²) in [5, 5.41) is 9.75. The normalized spacial score (nSPS) is 25.9. The minimum atomic E-state index is -1.87. The van der Waals surface area contributed by atoms with E-state index in [0.717, 1.165) is 0 Å². The Hall–Kier alpha value is -0.653. The summed E-state index contributed by atoms with van der Waals surface area (Å²) in [6.45, 7) is 10.9. The van der Waals surface area contributed by atoms with Crippen LogP contribution in [0.5, 0.6) is 0 Å². The van der Waals surface area contributed by atoms with E-state index in [2.05, 4.69) is 33.9 Å². The molecular weight excluding hydrogens is 236 g/mol. The lowest BCUT2D eigenvalue weighted by Gasteiger charge is -2.37. The monoisotopic (exact) mass is 258 g/mol. The molecule has 0 saturated carbocycles. The van der Waals surface area contributed by atoms with Crippen LogP contribution < -0.4 is 0 Å². The Labute approximate surface area is 104 Å². The van der Waals surface area contributed by atoms with Gasteiger partial charge in [0.25, 0.3) is 0 Å². The van der Waals surface area contributed by atoms with Gasteiger partial charge in [0.05, 0.1) is 12.9 Å². The molecule has 2 atom stereocenters. The molecule has 0 aliphatic carbocycles. The molecule has 0 aromatic rings. The molecule has 0 radical (unpaired) electrons. The highest BCUT2D eigenvalue weighted by Crippen LogP contribution is 2.36. The van der Waals surface area contributed by atoms with Crippen LogP contribution in [0, 0.1) is 0 Å². The van der Waals surface area contributed by atoms with Crippen LogP contribution in [-0.2, 0) is 14.0 Å². The fraction of sp³-hybridized carbons (Fsp3) is 0.750. The molecular formula is C12H22O4Si. The number of rotatable bonds is 3. The van der Waals surface area contributed by atoms with E-state index in [-0.39, 0.29) is 17.4 Å². The topological polar surface area (TPSA) is 55.8 Å². The fourth-order valence-corrected chi connectivity index (χ4v) is 2.21. The zero-order valence-corrected chi connectivity index (χ0v) is 12.2. The third kappa shape index (κ3) is 3.40. The Morgan fingerprint density at radius 3 is 2.59 bits per heavy atom. The van der Waals surface area contributed by atoms with Crippen molar-refractivity contribution in [2.75, 3.05) is 6.61 Å². The van der Waals surface area contributed by atoms with Crippen molar-refractivity contribution in [1.82, 2.24) is 0 Å². The molecule has 98 valence electrons. The Bertz CT molecular complexity index is 317. The lowest BCUT2D eigenvalue weighted by molar-refractivity contribution is -0.132. The number of ketones is 1. The first kappa shape index (κ1) is 14.4. The number of hydrogen-bond donors (Lipinski definition) is 1. The summed E-state index contributed by atoms with van der Waals surface area (Å²) < 4.78 is 11.1. The molecule has 1 aliphatic rings. The maximum absolute atomic E-state index is 11.3. The van der Waals surface area contributed by atoms with E-state index in [4.69, 9.17) is 9.16 Å². The standard InChI is InChI=1S/C12H22O4Si/c1-12(2,3)17(4,5)16-8-10-11(14)9(13)6-7-15-10/h6-7,10-11,14H,8H2,1-5H3/t10-,11-/m1/s1. The highest BCUT2D eigenvalue weighted by molar-refractivity contribution is 6.74. The molecule has 0 saturated heterocycles. The molecule has 1 rings (SSSR count). The van der Waals surface area contributed by atoms with E-state index < -0.39 is 20.5 Å². The van der Waals surface area contributed by atoms with Crippen molar-refractivity contribution in [2.45, 2.75) is 51.1 Å². The van der Waals surface area contributed by atoms with Crippen LogP contribution in [-0.4, -0.2) is 38.0 Å². The van der Waals surface area contributed by atoms with Gasteiger partial charge in [0, 0.05) is 6.08 Å². The van der Waals surface area contributed by atoms with Gasteiger partial charge in [-0.1, -0.05) is 20.8 Å². The Balaban J connectivity index is 2.57. The second kappa shape index (κ2) is 4.92. The minimum absolute atomic E-state index is 0.104. The van der Waals surface area contributed by atoms with Crippen molar-refractivity contribution >= 4 is 14.1 Å². The lowest BCUT2D eigenvalue weighted by Crippen LogP contribution is -2.47. The Morgan fingerprint density at radius 1 is 1.47 bits per heavy atom. The highest BCUT2D eigenvalue weighted by atomic mass is 28.4. The summed E-state index contributed by atoms with van der Waals surface area (Å²) in [5.74, 6) is -0.319. The molecule has 0 unspecified atom stereocenters. The SMILES string of the molecule is CC(C)(C)[Si](C)(C)OC[C@H]1OC=CC(=O)[C@H]1O. The van der Waals surface area contributed by atoms with Crippen molar-refractivity contribution in [3.05, 3.63) is 12.3 Å². The predicted octanol–water partition coefficient (Wildman–Crippen LogP) is 1.85. The van der Waals surface area contributed by atoms with Crippen LogP contribution in [0.25, 0.3) is 0 Å². The van der Waals surface area contributed by atoms with Gasteiger partial charge in [-0.25, -0.2) is 0 Å². The molecule has 1 aliphatic heterocycles. The largest absolute Gasteiger partial charge is 0.492 e. The third-order valence-corrected chi connectivity index (χ3v) is 8.04. The molecule has 17 heavy (non-hydrogen) atoms. The van der Waals surface area contributed by atoms with Crippen LogP contribution in [0.15, 0.2) is 12.3 Å². The molecule has 0 aromatic heterocycles. The maximum Gasteiger partial charge on any atom is 0.192 e. The van der Waals surface area contributed by atoms with Crippen molar-refractivity contribution in [3.63, 3.8) is 0 Å². The van der Waals surface area contributed by atoms with Crippen LogP contribution in [0.3, 0.4) is 0 Å². The van der Waals surface area contributed by atoms with Gasteiger partial charge < -0.3 is 14.3 Å². The summed E-state index contributed by atoms with van der Waals surface area (Å²) >= 11 is 0. The van der Waals surface area contributed by atoms with Gasteiger partial charge in [-0.15, -0.1) is 0 Å². The number of hydrogen-bond acceptors (Lipinski definition) is 4. The van der Waals surface area contributed by atoms with Crippen LogP contribution in [0.2, 0.25) is 18.1 Å². The minimum Gasteiger partial charge on any atom is -0.492 e. The van der Waals surface area contributed by atoms with Crippen molar-refractivity contribution in [2.24, 2.45) is 0 Å². The van der Waals surface area contributed by atoms with Crippen molar-refractivity contribution < 1.29 is 19.1 Å². The zero-order valence-electron chi connectivity index (χ0n) is 11.2. The van der Waals surface area contributed by atoms with E-state index in [0.29, 0.717) is 0 Å². The molecule has 0 fully saturated rings. The van der Waals surface area contributed by atoms with Crippen molar-refractivity contribution in [3.8, 4) is 0 Å². The summed E-state index contributed by atoms with van der Waals surface area (Å²) in [4.78, 5) is 11.3. The Morgan fingerprint density at radius 2 is 2.06 bits per heavy atom. The van der Waals surface area contributed by atoms with Gasteiger partial charge in [-0.05, 0) is 18.1 Å². The molecule has 1 N–H and O–H groups in total. The van der Waals surface area contributed by atoms with Gasteiger partial charge in [0.2, 0.25) is 0 Å². The molecule has 4 nitrogen and oxygen atoms in total. The van der Waals surface area contributed by atoms with Crippen LogP contribution >= 0.6 is 0 Å². The third-order valence-electron chi connectivity index (χ3n) is 3.54. The van der Waals surface area contributed by atoms with Crippen molar-refractivity contribution in [1.29, 1.82) is 0 Å². The lowest BCUT2D eigenvalue weighted by atomic mass is 10.1. The first-order valence-corrected chi connectivity index (χ1v) is 8.74. The molecule has 0 aromatic carbocycles.